The maximum atomic E-state index is 11.7. The van der Waals surface area contributed by atoms with Gasteiger partial charge in [0.2, 0.25) is 11.5 Å². The SMILES string of the molecule is Nc1nonc1C(=O)NN=Cc1ccc(-c2ccc(O)c(C(=O)O)c2)o1. The van der Waals surface area contributed by atoms with Gasteiger partial charge in [0, 0.05) is 5.56 Å². The number of rotatable bonds is 5. The fourth-order valence-electron chi connectivity index (χ4n) is 2.00. The van der Waals surface area contributed by atoms with Gasteiger partial charge in [-0.25, -0.2) is 14.8 Å². The van der Waals surface area contributed by atoms with E-state index in [0.717, 1.165) is 0 Å². The van der Waals surface area contributed by atoms with Crippen LogP contribution in [0.25, 0.3) is 11.3 Å². The molecule has 0 aliphatic heterocycles. The zero-order valence-corrected chi connectivity index (χ0v) is 12.9. The average molecular weight is 357 g/mol. The van der Waals surface area contributed by atoms with Gasteiger partial charge in [-0.3, -0.25) is 4.79 Å². The molecule has 0 saturated heterocycles. The topological polar surface area (TPSA) is 177 Å². The van der Waals surface area contributed by atoms with Crippen molar-refractivity contribution >= 4 is 23.9 Å². The molecule has 0 fully saturated rings. The molecule has 0 saturated carbocycles. The Morgan fingerprint density at radius 1 is 1.23 bits per heavy atom. The summed E-state index contributed by atoms with van der Waals surface area (Å²) in [5, 5.41) is 28.8. The number of hydrazone groups is 1. The van der Waals surface area contributed by atoms with E-state index in [9.17, 15) is 14.7 Å². The number of benzene rings is 1. The maximum absolute atomic E-state index is 11.7. The molecule has 3 rings (SSSR count). The quantitative estimate of drug-likeness (QED) is 0.384. The minimum absolute atomic E-state index is 0.167. The molecule has 0 aliphatic rings. The van der Waals surface area contributed by atoms with Gasteiger partial charge in [-0.2, -0.15) is 5.10 Å². The van der Waals surface area contributed by atoms with E-state index < -0.39 is 11.9 Å². The summed E-state index contributed by atoms with van der Waals surface area (Å²) in [6.45, 7) is 0. The number of aromatic hydroxyl groups is 1. The summed E-state index contributed by atoms with van der Waals surface area (Å²) in [6, 6.07) is 7.18. The standard InChI is InChI=1S/C15H11N5O6/c16-13-12(19-26-20-13)14(22)18-17-6-8-2-4-11(25-8)7-1-3-10(21)9(5-7)15(23)24/h1-6,21H,(H2,16,20)(H,18,22)(H,23,24). The average Bonchev–Trinajstić information content (AvgIpc) is 3.24. The highest BCUT2D eigenvalue weighted by molar-refractivity contribution is 5.96. The number of hydrogen-bond donors (Lipinski definition) is 4. The van der Waals surface area contributed by atoms with Gasteiger partial charge in [-0.15, -0.1) is 0 Å². The van der Waals surface area contributed by atoms with E-state index in [1.165, 1.54) is 24.4 Å². The fourth-order valence-corrected chi connectivity index (χ4v) is 2.00. The number of carbonyl (C=O) groups excluding carboxylic acids is 1. The van der Waals surface area contributed by atoms with E-state index in [1.54, 1.807) is 12.1 Å². The highest BCUT2D eigenvalue weighted by atomic mass is 16.6. The Kier molecular flexibility index (Phi) is 4.34. The number of nitrogens with zero attached hydrogens (tertiary/aromatic N) is 3. The fraction of sp³-hybridized carbons (Fsp3) is 0. The summed E-state index contributed by atoms with van der Waals surface area (Å²) in [5.74, 6) is -1.85. The van der Waals surface area contributed by atoms with Crippen molar-refractivity contribution in [2.24, 2.45) is 5.10 Å². The number of carbonyl (C=O) groups is 2. The van der Waals surface area contributed by atoms with Gasteiger partial charge < -0.3 is 20.4 Å². The number of hydrogen-bond acceptors (Lipinski definition) is 9. The maximum Gasteiger partial charge on any atom is 0.339 e. The third-order valence-electron chi connectivity index (χ3n) is 3.23. The Morgan fingerprint density at radius 3 is 2.73 bits per heavy atom. The van der Waals surface area contributed by atoms with Crippen LogP contribution in [0.3, 0.4) is 0 Å². The molecule has 0 bridgehead atoms. The van der Waals surface area contributed by atoms with Crippen LogP contribution in [-0.2, 0) is 0 Å². The second-order valence-corrected chi connectivity index (χ2v) is 4.94. The Hall–Kier alpha value is -4.15. The second kappa shape index (κ2) is 6.76. The molecule has 132 valence electrons. The molecular formula is C15H11N5O6. The Bertz CT molecular complexity index is 1010. The van der Waals surface area contributed by atoms with Crippen molar-refractivity contribution in [3.63, 3.8) is 0 Å². The molecule has 3 aromatic rings. The van der Waals surface area contributed by atoms with E-state index in [1.807, 2.05) is 0 Å². The predicted octanol–water partition coefficient (Wildman–Crippen LogP) is 1.08. The molecule has 11 heteroatoms. The lowest BCUT2D eigenvalue weighted by Gasteiger charge is -2.02. The summed E-state index contributed by atoms with van der Waals surface area (Å²) in [6.07, 6.45) is 1.23. The van der Waals surface area contributed by atoms with Crippen LogP contribution in [0.1, 0.15) is 26.6 Å². The molecule has 26 heavy (non-hydrogen) atoms. The minimum atomic E-state index is -1.26. The molecule has 1 amide bonds. The molecule has 2 heterocycles. The molecule has 1 aromatic carbocycles. The third kappa shape index (κ3) is 3.36. The van der Waals surface area contributed by atoms with Crippen LogP contribution in [-0.4, -0.2) is 38.6 Å². The number of nitrogens with one attached hydrogen (secondary N) is 1. The van der Waals surface area contributed by atoms with Gasteiger partial charge in [0.15, 0.2) is 0 Å². The van der Waals surface area contributed by atoms with Crippen LogP contribution in [0.4, 0.5) is 5.82 Å². The number of phenols is 1. The lowest BCUT2D eigenvalue weighted by molar-refractivity contribution is 0.0693. The Balaban J connectivity index is 1.72. The summed E-state index contributed by atoms with van der Waals surface area (Å²) < 4.78 is 9.80. The van der Waals surface area contributed by atoms with Crippen molar-refractivity contribution in [2.45, 2.75) is 0 Å². The van der Waals surface area contributed by atoms with Crippen LogP contribution in [0.5, 0.6) is 5.75 Å². The molecular weight excluding hydrogens is 346 g/mol. The number of anilines is 1. The largest absolute Gasteiger partial charge is 0.507 e. The van der Waals surface area contributed by atoms with Crippen LogP contribution < -0.4 is 11.2 Å². The highest BCUT2D eigenvalue weighted by Crippen LogP contribution is 2.27. The van der Waals surface area contributed by atoms with Gasteiger partial charge in [0.05, 0.1) is 6.21 Å². The van der Waals surface area contributed by atoms with E-state index in [2.05, 4.69) is 25.5 Å². The van der Waals surface area contributed by atoms with E-state index in [-0.39, 0.29) is 28.6 Å². The molecule has 0 spiro atoms. The smallest absolute Gasteiger partial charge is 0.339 e. The van der Waals surface area contributed by atoms with Gasteiger partial charge in [-0.1, -0.05) is 0 Å². The highest BCUT2D eigenvalue weighted by Gasteiger charge is 2.15. The molecule has 0 atom stereocenters. The molecule has 0 unspecified atom stereocenters. The molecule has 0 radical (unpaired) electrons. The predicted molar refractivity (Wildman–Crippen MR) is 86.5 cm³/mol. The number of nitrogens with two attached hydrogens (primary N) is 1. The first-order chi connectivity index (χ1) is 12.5. The summed E-state index contributed by atoms with van der Waals surface area (Å²) in [7, 11) is 0. The van der Waals surface area contributed by atoms with Crippen LogP contribution in [0.2, 0.25) is 0 Å². The van der Waals surface area contributed by atoms with E-state index >= 15 is 0 Å². The van der Waals surface area contributed by atoms with Crippen LogP contribution >= 0.6 is 0 Å². The third-order valence-corrected chi connectivity index (χ3v) is 3.23. The molecule has 0 aliphatic carbocycles. The van der Waals surface area contributed by atoms with Crippen molar-refractivity contribution in [3.8, 4) is 17.1 Å². The Labute approximate surface area is 144 Å². The molecule has 5 N–H and O–H groups in total. The summed E-state index contributed by atoms with van der Waals surface area (Å²) in [5.41, 5.74) is 7.55. The van der Waals surface area contributed by atoms with Crippen molar-refractivity contribution in [2.75, 3.05) is 5.73 Å². The van der Waals surface area contributed by atoms with E-state index in [0.29, 0.717) is 11.3 Å². The van der Waals surface area contributed by atoms with Crippen molar-refractivity contribution in [1.29, 1.82) is 0 Å². The number of amides is 1. The second-order valence-electron chi connectivity index (χ2n) is 4.94. The zero-order valence-electron chi connectivity index (χ0n) is 12.9. The lowest BCUT2D eigenvalue weighted by Crippen LogP contribution is -2.19. The number of carboxylic acid groups (broad SMARTS) is 1. The van der Waals surface area contributed by atoms with Crippen molar-refractivity contribution < 1.29 is 28.8 Å². The van der Waals surface area contributed by atoms with Crippen LogP contribution in [0.15, 0.2) is 44.5 Å². The number of furan rings is 1. The van der Waals surface area contributed by atoms with Gasteiger partial charge in [0.1, 0.15) is 22.8 Å². The van der Waals surface area contributed by atoms with Crippen molar-refractivity contribution in [1.82, 2.24) is 15.7 Å². The van der Waals surface area contributed by atoms with Crippen LogP contribution in [0, 0.1) is 0 Å². The van der Waals surface area contributed by atoms with E-state index in [4.69, 9.17) is 15.3 Å². The number of aromatic carboxylic acids is 1. The first-order valence-corrected chi connectivity index (χ1v) is 7.03. The number of carboxylic acids is 1. The number of nitrogen functional groups attached to an aromatic ring is 1. The lowest BCUT2D eigenvalue weighted by atomic mass is 10.1. The van der Waals surface area contributed by atoms with Gasteiger partial charge in [-0.05, 0) is 40.6 Å². The minimum Gasteiger partial charge on any atom is -0.507 e. The summed E-state index contributed by atoms with van der Waals surface area (Å²) >= 11 is 0. The van der Waals surface area contributed by atoms with Crippen molar-refractivity contribution in [3.05, 3.63) is 47.3 Å². The first kappa shape index (κ1) is 16.7. The molecule has 11 nitrogen and oxygen atoms in total. The van der Waals surface area contributed by atoms with Gasteiger partial charge >= 0.3 is 5.97 Å². The van der Waals surface area contributed by atoms with Gasteiger partial charge in [0.25, 0.3) is 5.91 Å². The molecule has 2 aromatic heterocycles. The first-order valence-electron chi connectivity index (χ1n) is 7.03. The number of aromatic nitrogens is 2. The monoisotopic (exact) mass is 357 g/mol. The summed E-state index contributed by atoms with van der Waals surface area (Å²) in [4.78, 5) is 22.8. The zero-order chi connectivity index (χ0) is 18.7. The normalized spacial score (nSPS) is 10.9. The Morgan fingerprint density at radius 2 is 2.04 bits per heavy atom.